The molecule has 0 spiro atoms. The van der Waals surface area contributed by atoms with E-state index in [4.69, 9.17) is 4.74 Å². The molecule has 2 saturated heterocycles. The van der Waals surface area contributed by atoms with Gasteiger partial charge < -0.3 is 15.0 Å². The molecular weight excluding hydrogens is 378 g/mol. The van der Waals surface area contributed by atoms with Crippen LogP contribution in [-0.4, -0.2) is 68.8 Å². The Morgan fingerprint density at radius 2 is 2.00 bits per heavy atom. The zero-order valence-corrected chi connectivity index (χ0v) is 16.1. The zero-order valence-electron chi connectivity index (χ0n) is 14.5. The number of hydrogen-bond acceptors (Lipinski definition) is 6. The second-order valence-electron chi connectivity index (χ2n) is 6.25. The van der Waals surface area contributed by atoms with Crippen LogP contribution in [0.5, 0.6) is 0 Å². The predicted octanol–water partition coefficient (Wildman–Crippen LogP) is 0.398. The lowest BCUT2D eigenvalue weighted by molar-refractivity contribution is -0.128. The Morgan fingerprint density at radius 3 is 2.69 bits per heavy atom. The first-order valence-corrected chi connectivity index (χ1v) is 10.9. The van der Waals surface area contributed by atoms with E-state index >= 15 is 0 Å². The second kappa shape index (κ2) is 8.47. The van der Waals surface area contributed by atoms with E-state index < -0.39 is 10.0 Å². The fraction of sp³-hybridized carbons (Fsp3) is 0.625. The molecule has 26 heavy (non-hydrogen) atoms. The van der Waals surface area contributed by atoms with Gasteiger partial charge in [0.1, 0.15) is 4.21 Å². The number of amides is 2. The van der Waals surface area contributed by atoms with Crippen molar-refractivity contribution in [1.82, 2.24) is 14.5 Å². The minimum atomic E-state index is -3.49. The van der Waals surface area contributed by atoms with E-state index in [1.807, 2.05) is 0 Å². The average Bonchev–Trinajstić information content (AvgIpc) is 3.28. The van der Waals surface area contributed by atoms with Gasteiger partial charge in [-0.2, -0.15) is 4.31 Å². The minimum Gasteiger partial charge on any atom is -0.379 e. The topological polar surface area (TPSA) is 96.0 Å². The lowest BCUT2D eigenvalue weighted by atomic mass is 10.3. The van der Waals surface area contributed by atoms with Crippen molar-refractivity contribution in [3.63, 3.8) is 0 Å². The van der Waals surface area contributed by atoms with Gasteiger partial charge in [0.05, 0.1) is 19.8 Å². The van der Waals surface area contributed by atoms with Gasteiger partial charge in [0.2, 0.25) is 11.8 Å². The van der Waals surface area contributed by atoms with Crippen LogP contribution in [0.2, 0.25) is 0 Å². The highest BCUT2D eigenvalue weighted by Crippen LogP contribution is 2.25. The van der Waals surface area contributed by atoms with Gasteiger partial charge in [0.25, 0.3) is 10.0 Å². The summed E-state index contributed by atoms with van der Waals surface area (Å²) in [4.78, 5) is 26.0. The number of carbonyl (C=O) groups excluding carboxylic acids is 2. The third kappa shape index (κ3) is 4.61. The molecule has 0 atom stereocenters. The summed E-state index contributed by atoms with van der Waals surface area (Å²) < 4.78 is 32.1. The Balaban J connectivity index is 1.48. The van der Waals surface area contributed by atoms with Gasteiger partial charge in [0, 0.05) is 43.9 Å². The van der Waals surface area contributed by atoms with Crippen LogP contribution < -0.4 is 5.32 Å². The van der Waals surface area contributed by atoms with E-state index in [0.29, 0.717) is 39.3 Å². The molecule has 1 aromatic rings. The molecule has 0 unspecified atom stereocenters. The number of ether oxygens (including phenoxy) is 1. The first kappa shape index (κ1) is 19.3. The molecule has 0 bridgehead atoms. The average molecular weight is 402 g/mol. The SMILES string of the molecule is O=C(CCN1CCCC1=O)NCc1ccc(S(=O)(=O)N2CCOCC2)s1. The third-order valence-corrected chi connectivity index (χ3v) is 7.89. The summed E-state index contributed by atoms with van der Waals surface area (Å²) in [7, 11) is -3.49. The number of carbonyl (C=O) groups is 2. The van der Waals surface area contributed by atoms with Crippen LogP contribution in [0.4, 0.5) is 0 Å². The van der Waals surface area contributed by atoms with Crippen molar-refractivity contribution in [2.75, 3.05) is 39.4 Å². The summed E-state index contributed by atoms with van der Waals surface area (Å²) in [5.74, 6) is -0.0373. The summed E-state index contributed by atoms with van der Waals surface area (Å²) >= 11 is 1.17. The molecule has 1 aromatic heterocycles. The highest BCUT2D eigenvalue weighted by molar-refractivity contribution is 7.91. The fourth-order valence-corrected chi connectivity index (χ4v) is 5.81. The number of sulfonamides is 1. The summed E-state index contributed by atoms with van der Waals surface area (Å²) in [6.45, 7) is 2.99. The number of nitrogens with one attached hydrogen (secondary N) is 1. The largest absolute Gasteiger partial charge is 0.379 e. The van der Waals surface area contributed by atoms with E-state index in [9.17, 15) is 18.0 Å². The van der Waals surface area contributed by atoms with E-state index in [2.05, 4.69) is 5.32 Å². The van der Waals surface area contributed by atoms with Gasteiger partial charge in [-0.05, 0) is 18.6 Å². The highest BCUT2D eigenvalue weighted by Gasteiger charge is 2.27. The van der Waals surface area contributed by atoms with Gasteiger partial charge in [-0.25, -0.2) is 8.42 Å². The quantitative estimate of drug-likeness (QED) is 0.713. The van der Waals surface area contributed by atoms with E-state index in [-0.39, 0.29) is 29.0 Å². The van der Waals surface area contributed by atoms with Crippen molar-refractivity contribution in [1.29, 1.82) is 0 Å². The summed E-state index contributed by atoms with van der Waals surface area (Å²) in [5, 5.41) is 2.79. The Hall–Kier alpha value is -1.49. The minimum absolute atomic E-state index is 0.106. The van der Waals surface area contributed by atoms with Crippen molar-refractivity contribution in [3.8, 4) is 0 Å². The molecule has 8 nitrogen and oxygen atoms in total. The van der Waals surface area contributed by atoms with E-state index in [1.165, 1.54) is 15.6 Å². The summed E-state index contributed by atoms with van der Waals surface area (Å²) in [6.07, 6.45) is 1.68. The zero-order chi connectivity index (χ0) is 18.6. The fourth-order valence-electron chi connectivity index (χ4n) is 2.96. The number of nitrogens with zero attached hydrogens (tertiary/aromatic N) is 2. The van der Waals surface area contributed by atoms with Crippen LogP contribution in [0, 0.1) is 0 Å². The number of likely N-dealkylation sites (tertiary alicyclic amines) is 1. The second-order valence-corrected chi connectivity index (χ2v) is 9.58. The van der Waals surface area contributed by atoms with Crippen LogP contribution in [0.25, 0.3) is 0 Å². The number of rotatable bonds is 7. The Labute approximate surface area is 157 Å². The molecule has 2 amide bonds. The Bertz CT molecular complexity index is 756. The van der Waals surface area contributed by atoms with Crippen molar-refractivity contribution in [2.24, 2.45) is 0 Å². The molecule has 0 aliphatic carbocycles. The maximum absolute atomic E-state index is 12.6. The molecule has 2 aliphatic rings. The molecule has 3 heterocycles. The van der Waals surface area contributed by atoms with Crippen LogP contribution in [-0.2, 0) is 30.9 Å². The first-order chi connectivity index (χ1) is 12.5. The monoisotopic (exact) mass is 401 g/mol. The van der Waals surface area contributed by atoms with Crippen LogP contribution in [0.15, 0.2) is 16.3 Å². The molecule has 1 N–H and O–H groups in total. The maximum Gasteiger partial charge on any atom is 0.252 e. The molecule has 0 aromatic carbocycles. The summed E-state index contributed by atoms with van der Waals surface area (Å²) in [6, 6.07) is 3.31. The van der Waals surface area contributed by atoms with Crippen LogP contribution >= 0.6 is 11.3 Å². The maximum atomic E-state index is 12.6. The summed E-state index contributed by atoms with van der Waals surface area (Å²) in [5.41, 5.74) is 0. The standard InChI is InChI=1S/C16H23N3O5S2/c20-14(5-7-18-6-1-2-15(18)21)17-12-13-3-4-16(25-13)26(22,23)19-8-10-24-11-9-19/h3-4H,1-2,5-12H2,(H,17,20). The lowest BCUT2D eigenvalue weighted by Gasteiger charge is -2.25. The number of thiophene rings is 1. The van der Waals surface area contributed by atoms with Crippen LogP contribution in [0.1, 0.15) is 24.1 Å². The van der Waals surface area contributed by atoms with Gasteiger partial charge >= 0.3 is 0 Å². The van der Waals surface area contributed by atoms with Crippen LogP contribution in [0.3, 0.4) is 0 Å². The molecule has 0 radical (unpaired) electrons. The highest BCUT2D eigenvalue weighted by atomic mass is 32.2. The smallest absolute Gasteiger partial charge is 0.252 e. The van der Waals surface area contributed by atoms with Crippen molar-refractivity contribution in [3.05, 3.63) is 17.0 Å². The van der Waals surface area contributed by atoms with E-state index in [0.717, 1.165) is 17.8 Å². The molecule has 144 valence electrons. The van der Waals surface area contributed by atoms with Gasteiger partial charge in [-0.3, -0.25) is 9.59 Å². The van der Waals surface area contributed by atoms with Crippen molar-refractivity contribution >= 4 is 33.2 Å². The molecule has 3 rings (SSSR count). The Morgan fingerprint density at radius 1 is 1.23 bits per heavy atom. The van der Waals surface area contributed by atoms with E-state index in [1.54, 1.807) is 17.0 Å². The van der Waals surface area contributed by atoms with Gasteiger partial charge in [-0.1, -0.05) is 0 Å². The van der Waals surface area contributed by atoms with Gasteiger partial charge in [-0.15, -0.1) is 11.3 Å². The molecule has 10 heteroatoms. The number of morpholine rings is 1. The normalized spacial score (nSPS) is 19.1. The van der Waals surface area contributed by atoms with Gasteiger partial charge in [0.15, 0.2) is 0 Å². The van der Waals surface area contributed by atoms with Crippen molar-refractivity contribution < 1.29 is 22.7 Å². The first-order valence-electron chi connectivity index (χ1n) is 8.68. The molecule has 2 aliphatic heterocycles. The molecule has 0 saturated carbocycles. The Kier molecular flexibility index (Phi) is 6.28. The number of hydrogen-bond donors (Lipinski definition) is 1. The predicted molar refractivity (Wildman–Crippen MR) is 96.2 cm³/mol. The van der Waals surface area contributed by atoms with Crippen molar-refractivity contribution in [2.45, 2.75) is 30.0 Å². The lowest BCUT2D eigenvalue weighted by Crippen LogP contribution is -2.40. The third-order valence-electron chi connectivity index (χ3n) is 4.44. The molecular formula is C16H23N3O5S2. The molecule has 2 fully saturated rings.